The van der Waals surface area contributed by atoms with E-state index in [0.29, 0.717) is 26.2 Å². The average Bonchev–Trinajstić information content (AvgIpc) is 3.30. The van der Waals surface area contributed by atoms with Gasteiger partial charge in [0.15, 0.2) is 0 Å². The Morgan fingerprint density at radius 2 is 1.88 bits per heavy atom. The number of benzene rings is 1. The van der Waals surface area contributed by atoms with Crippen LogP contribution in [-0.2, 0) is 26.1 Å². The molecule has 1 saturated carbocycles. The van der Waals surface area contributed by atoms with Crippen LogP contribution in [0.15, 0.2) is 29.2 Å². The molecule has 7 nitrogen and oxygen atoms in total. The van der Waals surface area contributed by atoms with Crippen LogP contribution in [0.3, 0.4) is 0 Å². The van der Waals surface area contributed by atoms with Gasteiger partial charge < -0.3 is 15.4 Å². The zero-order valence-corrected chi connectivity index (χ0v) is 15.7. The smallest absolute Gasteiger partial charge is 0.240 e. The van der Waals surface area contributed by atoms with Crippen molar-refractivity contribution in [2.45, 2.75) is 43.2 Å². The maximum atomic E-state index is 12.3. The zero-order valence-electron chi connectivity index (χ0n) is 14.9. The van der Waals surface area contributed by atoms with E-state index in [2.05, 4.69) is 15.4 Å². The van der Waals surface area contributed by atoms with E-state index in [9.17, 15) is 13.2 Å². The van der Waals surface area contributed by atoms with Crippen LogP contribution in [0.25, 0.3) is 0 Å². The van der Waals surface area contributed by atoms with Gasteiger partial charge in [-0.25, -0.2) is 13.1 Å². The Morgan fingerprint density at radius 1 is 1.12 bits per heavy atom. The first-order chi connectivity index (χ1) is 12.5. The molecule has 1 aromatic carbocycles. The number of carbonyl (C=O) groups excluding carboxylic acids is 1. The number of hydrogen-bond acceptors (Lipinski definition) is 5. The van der Waals surface area contributed by atoms with Crippen LogP contribution in [0.5, 0.6) is 0 Å². The summed E-state index contributed by atoms with van der Waals surface area (Å²) in [6.45, 7) is 2.60. The van der Waals surface area contributed by atoms with Gasteiger partial charge in [-0.1, -0.05) is 12.1 Å². The van der Waals surface area contributed by atoms with Crippen LogP contribution in [-0.4, -0.2) is 46.7 Å². The van der Waals surface area contributed by atoms with E-state index in [4.69, 9.17) is 4.74 Å². The highest BCUT2D eigenvalue weighted by Gasteiger charge is 2.21. The molecule has 3 rings (SSSR count). The van der Waals surface area contributed by atoms with E-state index in [1.54, 1.807) is 24.3 Å². The largest absolute Gasteiger partial charge is 0.377 e. The van der Waals surface area contributed by atoms with E-state index in [1.807, 2.05) is 0 Å². The second kappa shape index (κ2) is 8.94. The first-order valence-electron chi connectivity index (χ1n) is 9.20. The molecule has 2 aliphatic rings. The fourth-order valence-corrected chi connectivity index (χ4v) is 3.92. The highest BCUT2D eigenvalue weighted by atomic mass is 32.2. The monoisotopic (exact) mass is 381 g/mol. The van der Waals surface area contributed by atoms with Crippen LogP contribution in [0.4, 0.5) is 0 Å². The van der Waals surface area contributed by atoms with Gasteiger partial charge in [-0.05, 0) is 55.8 Å². The minimum Gasteiger partial charge on any atom is -0.377 e. The zero-order chi connectivity index (χ0) is 18.4. The normalized spacial score (nSPS) is 20.2. The van der Waals surface area contributed by atoms with Crippen molar-refractivity contribution in [3.8, 4) is 0 Å². The van der Waals surface area contributed by atoms with Crippen LogP contribution in [0.1, 0.15) is 31.2 Å². The highest BCUT2D eigenvalue weighted by Crippen LogP contribution is 2.27. The number of rotatable bonds is 10. The molecule has 3 N–H and O–H groups in total. The van der Waals surface area contributed by atoms with Crippen molar-refractivity contribution < 1.29 is 17.9 Å². The minimum absolute atomic E-state index is 0.0345. The van der Waals surface area contributed by atoms with Crippen molar-refractivity contribution in [1.29, 1.82) is 0 Å². The topological polar surface area (TPSA) is 96.5 Å². The molecule has 1 heterocycles. The van der Waals surface area contributed by atoms with Gasteiger partial charge in [0.1, 0.15) is 0 Å². The quantitative estimate of drug-likeness (QED) is 0.556. The lowest BCUT2D eigenvalue weighted by Crippen LogP contribution is -2.34. The maximum absolute atomic E-state index is 12.3. The lowest BCUT2D eigenvalue weighted by molar-refractivity contribution is -0.120. The Kier molecular flexibility index (Phi) is 6.63. The first kappa shape index (κ1) is 19.3. The molecule has 0 aromatic heterocycles. The summed E-state index contributed by atoms with van der Waals surface area (Å²) < 4.78 is 32.6. The number of nitrogens with one attached hydrogen (secondary N) is 3. The summed E-state index contributed by atoms with van der Waals surface area (Å²) in [5.41, 5.74) is 0.860. The molecule has 0 spiro atoms. The molecule has 1 unspecified atom stereocenters. The van der Waals surface area contributed by atoms with Gasteiger partial charge in [0, 0.05) is 19.7 Å². The third-order valence-electron chi connectivity index (χ3n) is 4.66. The fourth-order valence-electron chi connectivity index (χ4n) is 2.85. The second-order valence-corrected chi connectivity index (χ2v) is 8.75. The lowest BCUT2D eigenvalue weighted by atomic mass is 10.2. The van der Waals surface area contributed by atoms with Gasteiger partial charge in [0.2, 0.25) is 15.9 Å². The number of sulfonamides is 1. The van der Waals surface area contributed by atoms with E-state index >= 15 is 0 Å². The molecule has 0 bridgehead atoms. The Morgan fingerprint density at radius 3 is 2.54 bits per heavy atom. The molecule has 1 aliphatic carbocycles. The van der Waals surface area contributed by atoms with Gasteiger partial charge in [0.05, 0.1) is 17.5 Å². The first-order valence-corrected chi connectivity index (χ1v) is 10.7. The van der Waals surface area contributed by atoms with E-state index in [-0.39, 0.29) is 16.9 Å². The highest BCUT2D eigenvalue weighted by molar-refractivity contribution is 7.89. The molecular formula is C18H27N3O4S. The van der Waals surface area contributed by atoms with Gasteiger partial charge in [-0.15, -0.1) is 0 Å². The van der Waals surface area contributed by atoms with Crippen molar-refractivity contribution in [3.63, 3.8) is 0 Å². The number of carbonyl (C=O) groups is 1. The standard InChI is InChI=1S/C18H27N3O4S/c22-18(13-19-10-14-3-4-14)20-11-15-5-7-17(8-6-15)26(23,24)21-12-16-2-1-9-25-16/h5-8,14,16,19,21H,1-4,9-13H2,(H,20,22). The van der Waals surface area contributed by atoms with E-state index in [0.717, 1.165) is 30.9 Å². The Hall–Kier alpha value is -1.48. The minimum atomic E-state index is -3.54. The molecule has 8 heteroatoms. The van der Waals surface area contributed by atoms with Crippen molar-refractivity contribution >= 4 is 15.9 Å². The predicted octanol–water partition coefficient (Wildman–Crippen LogP) is 0.760. The third kappa shape index (κ3) is 6.05. The summed E-state index contributed by atoms with van der Waals surface area (Å²) in [6.07, 6.45) is 4.34. The molecule has 1 aromatic rings. The molecule has 1 saturated heterocycles. The van der Waals surface area contributed by atoms with E-state index in [1.165, 1.54) is 12.8 Å². The van der Waals surface area contributed by atoms with E-state index < -0.39 is 10.0 Å². The number of amides is 1. The molecule has 26 heavy (non-hydrogen) atoms. The maximum Gasteiger partial charge on any atom is 0.240 e. The van der Waals surface area contributed by atoms with Gasteiger partial charge in [0.25, 0.3) is 0 Å². The van der Waals surface area contributed by atoms with Crippen molar-refractivity contribution in [2.75, 3.05) is 26.2 Å². The lowest BCUT2D eigenvalue weighted by Gasteiger charge is -2.12. The van der Waals surface area contributed by atoms with Gasteiger partial charge >= 0.3 is 0 Å². The van der Waals surface area contributed by atoms with Gasteiger partial charge in [-0.3, -0.25) is 4.79 Å². The molecule has 2 fully saturated rings. The van der Waals surface area contributed by atoms with Crippen LogP contribution >= 0.6 is 0 Å². The summed E-state index contributed by atoms with van der Waals surface area (Å²) in [4.78, 5) is 12.0. The Balaban J connectivity index is 1.42. The fraction of sp³-hybridized carbons (Fsp3) is 0.611. The third-order valence-corrected chi connectivity index (χ3v) is 6.10. The molecule has 1 aliphatic heterocycles. The van der Waals surface area contributed by atoms with Crippen LogP contribution in [0.2, 0.25) is 0 Å². The number of hydrogen-bond donors (Lipinski definition) is 3. The molecule has 0 radical (unpaired) electrons. The van der Waals surface area contributed by atoms with Crippen molar-refractivity contribution in [3.05, 3.63) is 29.8 Å². The molecule has 1 amide bonds. The van der Waals surface area contributed by atoms with Crippen molar-refractivity contribution in [2.24, 2.45) is 5.92 Å². The SMILES string of the molecule is O=C(CNCC1CC1)NCc1ccc(S(=O)(=O)NCC2CCCO2)cc1. The Bertz CT molecular complexity index is 696. The summed E-state index contributed by atoms with van der Waals surface area (Å²) in [6, 6.07) is 6.56. The molecular weight excluding hydrogens is 354 g/mol. The molecule has 144 valence electrons. The summed E-state index contributed by atoms with van der Waals surface area (Å²) in [7, 11) is -3.54. The van der Waals surface area contributed by atoms with Crippen LogP contribution < -0.4 is 15.4 Å². The average molecular weight is 381 g/mol. The van der Waals surface area contributed by atoms with Gasteiger partial charge in [-0.2, -0.15) is 0 Å². The van der Waals surface area contributed by atoms with Crippen LogP contribution in [0, 0.1) is 5.92 Å². The van der Waals surface area contributed by atoms with Crippen molar-refractivity contribution in [1.82, 2.24) is 15.4 Å². The predicted molar refractivity (Wildman–Crippen MR) is 98.0 cm³/mol. The molecule has 1 atom stereocenters. The summed E-state index contributed by atoms with van der Waals surface area (Å²) in [5, 5.41) is 5.97. The summed E-state index contributed by atoms with van der Waals surface area (Å²) in [5.74, 6) is 0.687. The second-order valence-electron chi connectivity index (χ2n) is 6.98. The number of ether oxygens (including phenoxy) is 1. The Labute approximate surface area is 154 Å². The summed E-state index contributed by atoms with van der Waals surface area (Å²) >= 11 is 0.